The van der Waals surface area contributed by atoms with Crippen molar-refractivity contribution in [2.75, 3.05) is 6.61 Å². The third-order valence-electron chi connectivity index (χ3n) is 3.32. The molecule has 0 atom stereocenters. The molecule has 3 aromatic rings. The molecule has 3 amide bonds. The van der Waals surface area contributed by atoms with Gasteiger partial charge in [0.25, 0.3) is 5.91 Å². The maximum atomic E-state index is 11.8. The van der Waals surface area contributed by atoms with Crippen LogP contribution in [0.2, 0.25) is 0 Å². The fourth-order valence-electron chi connectivity index (χ4n) is 2.14. The molecule has 2 heterocycles. The second-order valence-electron chi connectivity index (χ2n) is 5.21. The van der Waals surface area contributed by atoms with Crippen LogP contribution >= 0.6 is 11.3 Å². The highest BCUT2D eigenvalue weighted by Crippen LogP contribution is 2.09. The van der Waals surface area contributed by atoms with Gasteiger partial charge in [0.15, 0.2) is 6.61 Å². The smallest absolute Gasteiger partial charge is 0.328 e. The Hall–Kier alpha value is -3.27. The summed E-state index contributed by atoms with van der Waals surface area (Å²) in [4.78, 5) is 36.0. The summed E-state index contributed by atoms with van der Waals surface area (Å²) in [6.45, 7) is -0.424. The van der Waals surface area contributed by atoms with Crippen molar-refractivity contribution in [3.05, 3.63) is 46.7 Å². The standard InChI is InChI=1S/C16H15N5O4S/c22-14(18-16(24)17-8-11-4-3-7-26-11)10-25-15(23)9-21-13-6-2-1-5-12(13)19-20-21/h1-7H,8-10H2,(H2,17,18,22,24). The fourth-order valence-corrected chi connectivity index (χ4v) is 2.78. The molecule has 0 aliphatic carbocycles. The Balaban J connectivity index is 1.41. The van der Waals surface area contributed by atoms with E-state index in [0.717, 1.165) is 4.88 Å². The molecule has 2 N–H and O–H groups in total. The molecule has 0 saturated heterocycles. The van der Waals surface area contributed by atoms with Crippen molar-refractivity contribution in [3.8, 4) is 0 Å². The van der Waals surface area contributed by atoms with E-state index in [1.165, 1.54) is 16.0 Å². The van der Waals surface area contributed by atoms with Gasteiger partial charge < -0.3 is 10.1 Å². The minimum absolute atomic E-state index is 0.182. The van der Waals surface area contributed by atoms with Crippen LogP contribution in [0.4, 0.5) is 4.79 Å². The first-order valence-corrected chi connectivity index (χ1v) is 8.53. The van der Waals surface area contributed by atoms with Crippen LogP contribution in [0.15, 0.2) is 41.8 Å². The quantitative estimate of drug-likeness (QED) is 0.625. The van der Waals surface area contributed by atoms with E-state index in [0.29, 0.717) is 17.6 Å². The van der Waals surface area contributed by atoms with Crippen molar-refractivity contribution in [2.24, 2.45) is 0 Å². The minimum atomic E-state index is -0.717. The summed E-state index contributed by atoms with van der Waals surface area (Å²) in [5, 5.41) is 14.3. The van der Waals surface area contributed by atoms with Gasteiger partial charge in [0.05, 0.1) is 12.1 Å². The van der Waals surface area contributed by atoms with Crippen LogP contribution in [0, 0.1) is 0 Å². The van der Waals surface area contributed by atoms with Gasteiger partial charge in [-0.05, 0) is 23.6 Å². The molecular weight excluding hydrogens is 358 g/mol. The zero-order chi connectivity index (χ0) is 18.4. The minimum Gasteiger partial charge on any atom is -0.454 e. The number of rotatable bonds is 6. The number of fused-ring (bicyclic) bond motifs is 1. The van der Waals surface area contributed by atoms with Crippen LogP contribution in [0.25, 0.3) is 11.0 Å². The van der Waals surface area contributed by atoms with E-state index in [1.54, 1.807) is 18.2 Å². The molecule has 0 saturated carbocycles. The summed E-state index contributed by atoms with van der Waals surface area (Å²) in [6.07, 6.45) is 0. The maximum absolute atomic E-state index is 11.8. The van der Waals surface area contributed by atoms with Gasteiger partial charge in [-0.3, -0.25) is 14.9 Å². The number of urea groups is 1. The molecular formula is C16H15N5O4S. The molecule has 1 aromatic carbocycles. The summed E-state index contributed by atoms with van der Waals surface area (Å²) in [5.41, 5.74) is 1.34. The first-order chi connectivity index (χ1) is 12.6. The van der Waals surface area contributed by atoms with E-state index in [-0.39, 0.29) is 6.54 Å². The molecule has 3 rings (SSSR count). The van der Waals surface area contributed by atoms with E-state index in [4.69, 9.17) is 4.74 Å². The highest BCUT2D eigenvalue weighted by atomic mass is 32.1. The van der Waals surface area contributed by atoms with Gasteiger partial charge in [-0.2, -0.15) is 0 Å². The molecule has 0 spiro atoms. The second kappa shape index (κ2) is 8.21. The predicted octanol–water partition coefficient (Wildman–Crippen LogP) is 1.06. The molecule has 10 heteroatoms. The number of benzene rings is 1. The zero-order valence-electron chi connectivity index (χ0n) is 13.5. The first-order valence-electron chi connectivity index (χ1n) is 7.66. The number of nitrogens with zero attached hydrogens (tertiary/aromatic N) is 3. The monoisotopic (exact) mass is 373 g/mol. The van der Waals surface area contributed by atoms with E-state index >= 15 is 0 Å². The number of carbonyl (C=O) groups is 3. The molecule has 9 nitrogen and oxygen atoms in total. The lowest BCUT2D eigenvalue weighted by molar-refractivity contribution is -0.149. The van der Waals surface area contributed by atoms with E-state index < -0.39 is 24.5 Å². The van der Waals surface area contributed by atoms with Gasteiger partial charge in [-0.15, -0.1) is 16.4 Å². The van der Waals surface area contributed by atoms with Gasteiger partial charge >= 0.3 is 12.0 Å². The van der Waals surface area contributed by atoms with Crippen LogP contribution in [0.1, 0.15) is 4.88 Å². The van der Waals surface area contributed by atoms with Crippen LogP contribution in [-0.4, -0.2) is 39.5 Å². The normalized spacial score (nSPS) is 10.5. The second-order valence-corrected chi connectivity index (χ2v) is 6.24. The Labute approximate surface area is 151 Å². The maximum Gasteiger partial charge on any atom is 0.328 e. The average molecular weight is 373 g/mol. The van der Waals surface area contributed by atoms with E-state index in [2.05, 4.69) is 20.9 Å². The zero-order valence-corrected chi connectivity index (χ0v) is 14.4. The summed E-state index contributed by atoms with van der Waals surface area (Å²) >= 11 is 1.49. The van der Waals surface area contributed by atoms with Crippen LogP contribution < -0.4 is 10.6 Å². The first kappa shape index (κ1) is 17.5. The Kier molecular flexibility index (Phi) is 5.54. The highest BCUT2D eigenvalue weighted by Gasteiger charge is 2.13. The number of esters is 1. The molecule has 0 fully saturated rings. The van der Waals surface area contributed by atoms with Gasteiger partial charge in [-0.25, -0.2) is 9.48 Å². The number of nitrogens with one attached hydrogen (secondary N) is 2. The topological polar surface area (TPSA) is 115 Å². The molecule has 26 heavy (non-hydrogen) atoms. The van der Waals surface area contributed by atoms with Crippen LogP contribution in [0.5, 0.6) is 0 Å². The van der Waals surface area contributed by atoms with Crippen molar-refractivity contribution in [2.45, 2.75) is 13.1 Å². The molecule has 0 aliphatic rings. The Morgan fingerprint density at radius 1 is 1.15 bits per heavy atom. The fraction of sp³-hybridized carbons (Fsp3) is 0.188. The lowest BCUT2D eigenvalue weighted by atomic mass is 10.3. The van der Waals surface area contributed by atoms with Gasteiger partial charge in [0.2, 0.25) is 0 Å². The number of ether oxygens (including phenoxy) is 1. The average Bonchev–Trinajstić information content (AvgIpc) is 3.29. The third kappa shape index (κ3) is 4.63. The molecule has 2 aromatic heterocycles. The Morgan fingerprint density at radius 3 is 2.81 bits per heavy atom. The number of carbonyl (C=O) groups excluding carboxylic acids is 3. The molecule has 0 radical (unpaired) electrons. The SMILES string of the molecule is O=C(COC(=O)Cn1nnc2ccccc21)NC(=O)NCc1cccs1. The number of hydrogen-bond acceptors (Lipinski definition) is 7. The van der Waals surface area contributed by atoms with E-state index in [9.17, 15) is 14.4 Å². The number of aromatic nitrogens is 3. The molecule has 134 valence electrons. The number of amides is 3. The number of thiophene rings is 1. The summed E-state index contributed by atoms with van der Waals surface area (Å²) in [6, 6.07) is 10.2. The molecule has 0 aliphatic heterocycles. The lowest BCUT2D eigenvalue weighted by Crippen LogP contribution is -2.41. The summed E-state index contributed by atoms with van der Waals surface area (Å²) in [5.74, 6) is -1.37. The van der Waals surface area contributed by atoms with Gasteiger partial charge in [0.1, 0.15) is 12.1 Å². The van der Waals surface area contributed by atoms with Crippen LogP contribution in [0.3, 0.4) is 0 Å². The van der Waals surface area contributed by atoms with Crippen molar-refractivity contribution in [1.29, 1.82) is 0 Å². The van der Waals surface area contributed by atoms with Gasteiger partial charge in [0, 0.05) is 4.88 Å². The van der Waals surface area contributed by atoms with Crippen molar-refractivity contribution in [1.82, 2.24) is 25.6 Å². The van der Waals surface area contributed by atoms with Crippen molar-refractivity contribution < 1.29 is 19.1 Å². The van der Waals surface area contributed by atoms with Crippen molar-refractivity contribution in [3.63, 3.8) is 0 Å². The lowest BCUT2D eigenvalue weighted by Gasteiger charge is -2.07. The Bertz CT molecular complexity index is 922. The van der Waals surface area contributed by atoms with Crippen molar-refractivity contribution >= 4 is 40.3 Å². The Morgan fingerprint density at radius 2 is 2.00 bits per heavy atom. The predicted molar refractivity (Wildman–Crippen MR) is 93.2 cm³/mol. The number of para-hydroxylation sites is 1. The number of imide groups is 1. The molecule has 0 unspecified atom stereocenters. The van der Waals surface area contributed by atoms with E-state index in [1.807, 2.05) is 23.6 Å². The van der Waals surface area contributed by atoms with Crippen LogP contribution in [-0.2, 0) is 27.4 Å². The summed E-state index contributed by atoms with van der Waals surface area (Å²) < 4.78 is 6.24. The summed E-state index contributed by atoms with van der Waals surface area (Å²) in [7, 11) is 0. The van der Waals surface area contributed by atoms with Gasteiger partial charge in [-0.1, -0.05) is 23.4 Å². The highest BCUT2D eigenvalue weighted by molar-refractivity contribution is 7.09. The largest absolute Gasteiger partial charge is 0.454 e. The third-order valence-corrected chi connectivity index (χ3v) is 4.20. The number of hydrogen-bond donors (Lipinski definition) is 2. The molecule has 0 bridgehead atoms.